The van der Waals surface area contributed by atoms with Crippen LogP contribution in [0.3, 0.4) is 0 Å². The Morgan fingerprint density at radius 2 is 2.05 bits per heavy atom. The molecule has 1 aliphatic rings. The Kier molecular flexibility index (Phi) is 5.80. The van der Waals surface area contributed by atoms with E-state index in [1.165, 1.54) is 5.56 Å². The molecule has 1 aromatic carbocycles. The van der Waals surface area contributed by atoms with E-state index in [1.807, 2.05) is 0 Å². The maximum atomic E-state index is 5.73. The first-order valence-electron chi connectivity index (χ1n) is 8.15. The topological polar surface area (TPSA) is 24.5 Å². The van der Waals surface area contributed by atoms with Gasteiger partial charge in [-0.05, 0) is 32.5 Å². The lowest BCUT2D eigenvalue weighted by molar-refractivity contribution is 0.0758. The molecule has 0 aromatic heterocycles. The minimum atomic E-state index is 0.119. The monoisotopic (exact) mass is 290 g/mol. The van der Waals surface area contributed by atoms with Gasteiger partial charge in [0.15, 0.2) is 0 Å². The van der Waals surface area contributed by atoms with Crippen molar-refractivity contribution in [2.75, 3.05) is 33.3 Å². The summed E-state index contributed by atoms with van der Waals surface area (Å²) in [6.07, 6.45) is 1.48. The van der Waals surface area contributed by atoms with Crippen LogP contribution in [-0.4, -0.2) is 50.3 Å². The van der Waals surface area contributed by atoms with Crippen molar-refractivity contribution in [3.63, 3.8) is 0 Å². The maximum Gasteiger partial charge on any atom is 0.0702 e. The summed E-state index contributed by atoms with van der Waals surface area (Å²) in [5, 5.41) is 3.54. The molecule has 1 N–H and O–H groups in total. The molecule has 21 heavy (non-hydrogen) atoms. The fourth-order valence-electron chi connectivity index (χ4n) is 3.46. The summed E-state index contributed by atoms with van der Waals surface area (Å²) < 4.78 is 5.73. The van der Waals surface area contributed by atoms with E-state index >= 15 is 0 Å². The van der Waals surface area contributed by atoms with Gasteiger partial charge in [0.2, 0.25) is 0 Å². The molecule has 3 nitrogen and oxygen atoms in total. The van der Waals surface area contributed by atoms with Crippen molar-refractivity contribution in [1.29, 1.82) is 0 Å². The molecule has 1 saturated heterocycles. The molecule has 1 aliphatic heterocycles. The number of nitrogens with one attached hydrogen (secondary N) is 1. The zero-order chi connectivity index (χ0) is 15.3. The average molecular weight is 290 g/mol. The second-order valence-corrected chi connectivity index (χ2v) is 6.55. The van der Waals surface area contributed by atoms with Gasteiger partial charge in [-0.15, -0.1) is 0 Å². The zero-order valence-corrected chi connectivity index (χ0v) is 13.9. The Morgan fingerprint density at radius 1 is 1.33 bits per heavy atom. The van der Waals surface area contributed by atoms with E-state index in [9.17, 15) is 0 Å². The fourth-order valence-corrected chi connectivity index (χ4v) is 3.46. The van der Waals surface area contributed by atoms with E-state index in [0.717, 1.165) is 32.7 Å². The normalized spacial score (nSPS) is 25.2. The summed E-state index contributed by atoms with van der Waals surface area (Å²) in [7, 11) is 2.24. The fraction of sp³-hybridized carbons (Fsp3) is 0.667. The molecule has 3 atom stereocenters. The molecule has 3 heteroatoms. The molecular formula is C18H30N2O. The third kappa shape index (κ3) is 4.06. The van der Waals surface area contributed by atoms with Crippen molar-refractivity contribution in [3.8, 4) is 0 Å². The van der Waals surface area contributed by atoms with Crippen LogP contribution in [0, 0.1) is 0 Å². The minimum Gasteiger partial charge on any atom is -0.377 e. The van der Waals surface area contributed by atoms with E-state index in [1.54, 1.807) is 0 Å². The number of benzene rings is 1. The van der Waals surface area contributed by atoms with Gasteiger partial charge < -0.3 is 10.1 Å². The molecule has 0 saturated carbocycles. The average Bonchev–Trinajstić information content (AvgIpc) is 2.92. The molecule has 3 unspecified atom stereocenters. The molecule has 0 amide bonds. The smallest absolute Gasteiger partial charge is 0.0702 e. The van der Waals surface area contributed by atoms with E-state index in [4.69, 9.17) is 4.74 Å². The summed E-state index contributed by atoms with van der Waals surface area (Å²) in [4.78, 5) is 2.49. The van der Waals surface area contributed by atoms with Crippen LogP contribution in [0.15, 0.2) is 30.3 Å². The number of ether oxygens (including phenoxy) is 1. The van der Waals surface area contributed by atoms with E-state index in [2.05, 4.69) is 68.4 Å². The molecular weight excluding hydrogens is 260 g/mol. The van der Waals surface area contributed by atoms with Gasteiger partial charge in [0.25, 0.3) is 0 Å². The predicted octanol–water partition coefficient (Wildman–Crippen LogP) is 2.66. The van der Waals surface area contributed by atoms with Gasteiger partial charge in [0.1, 0.15) is 0 Å². The molecule has 0 radical (unpaired) electrons. The molecule has 0 aliphatic carbocycles. The number of hydrogen-bond donors (Lipinski definition) is 1. The summed E-state index contributed by atoms with van der Waals surface area (Å²) in [5.41, 5.74) is 1.53. The SMILES string of the molecule is CCNCC(C)(CN(C)C1CCOC1C)c1ccccc1. The number of likely N-dealkylation sites (N-methyl/N-ethyl adjacent to an activating group) is 2. The number of nitrogens with zero attached hydrogens (tertiary/aromatic N) is 1. The Balaban J connectivity index is 2.12. The van der Waals surface area contributed by atoms with Gasteiger partial charge in [-0.25, -0.2) is 0 Å². The number of rotatable bonds is 7. The first-order chi connectivity index (χ1) is 10.1. The minimum absolute atomic E-state index is 0.119. The van der Waals surface area contributed by atoms with E-state index in [0.29, 0.717) is 12.1 Å². The number of hydrogen-bond acceptors (Lipinski definition) is 3. The Labute approximate surface area is 129 Å². The Morgan fingerprint density at radius 3 is 2.62 bits per heavy atom. The van der Waals surface area contributed by atoms with Crippen LogP contribution in [0.5, 0.6) is 0 Å². The van der Waals surface area contributed by atoms with Gasteiger partial charge in [-0.1, -0.05) is 44.2 Å². The molecule has 1 fully saturated rings. The summed E-state index contributed by atoms with van der Waals surface area (Å²) in [5.74, 6) is 0. The highest BCUT2D eigenvalue weighted by molar-refractivity contribution is 5.25. The van der Waals surface area contributed by atoms with Gasteiger partial charge in [-0.3, -0.25) is 4.90 Å². The second kappa shape index (κ2) is 7.39. The third-order valence-corrected chi connectivity index (χ3v) is 4.74. The van der Waals surface area contributed by atoms with Gasteiger partial charge in [0, 0.05) is 31.2 Å². The summed E-state index contributed by atoms with van der Waals surface area (Å²) in [6, 6.07) is 11.4. The highest BCUT2D eigenvalue weighted by Gasteiger charge is 2.34. The zero-order valence-electron chi connectivity index (χ0n) is 13.9. The van der Waals surface area contributed by atoms with Crippen molar-refractivity contribution in [2.24, 2.45) is 0 Å². The molecule has 1 aromatic rings. The van der Waals surface area contributed by atoms with Crippen molar-refractivity contribution in [3.05, 3.63) is 35.9 Å². The van der Waals surface area contributed by atoms with Crippen LogP contribution in [0.2, 0.25) is 0 Å². The van der Waals surface area contributed by atoms with Crippen LogP contribution in [0.1, 0.15) is 32.8 Å². The Bertz CT molecular complexity index is 422. The van der Waals surface area contributed by atoms with Crippen molar-refractivity contribution >= 4 is 0 Å². The maximum absolute atomic E-state index is 5.73. The summed E-state index contributed by atoms with van der Waals surface area (Å²) in [6.45, 7) is 10.7. The van der Waals surface area contributed by atoms with Crippen LogP contribution >= 0.6 is 0 Å². The van der Waals surface area contributed by atoms with Gasteiger partial charge in [0.05, 0.1) is 6.10 Å². The van der Waals surface area contributed by atoms with E-state index < -0.39 is 0 Å². The molecule has 118 valence electrons. The quantitative estimate of drug-likeness (QED) is 0.835. The first kappa shape index (κ1) is 16.5. The van der Waals surface area contributed by atoms with Gasteiger partial charge >= 0.3 is 0 Å². The third-order valence-electron chi connectivity index (χ3n) is 4.74. The molecule has 0 bridgehead atoms. The lowest BCUT2D eigenvalue weighted by Gasteiger charge is -2.38. The molecule has 1 heterocycles. The van der Waals surface area contributed by atoms with Crippen molar-refractivity contribution in [2.45, 2.75) is 44.8 Å². The summed E-state index contributed by atoms with van der Waals surface area (Å²) >= 11 is 0. The van der Waals surface area contributed by atoms with Crippen LogP contribution < -0.4 is 5.32 Å². The predicted molar refractivity (Wildman–Crippen MR) is 88.8 cm³/mol. The van der Waals surface area contributed by atoms with Crippen molar-refractivity contribution < 1.29 is 4.74 Å². The first-order valence-corrected chi connectivity index (χ1v) is 8.15. The van der Waals surface area contributed by atoms with Gasteiger partial charge in [-0.2, -0.15) is 0 Å². The van der Waals surface area contributed by atoms with Crippen LogP contribution in [0.25, 0.3) is 0 Å². The Hall–Kier alpha value is -0.900. The molecule has 2 rings (SSSR count). The molecule has 0 spiro atoms. The van der Waals surface area contributed by atoms with E-state index in [-0.39, 0.29) is 5.41 Å². The standard InChI is InChI=1S/C18H30N2O/c1-5-19-13-18(3,16-9-7-6-8-10-16)14-20(4)17-11-12-21-15(17)2/h6-10,15,17,19H,5,11-14H2,1-4H3. The lowest BCUT2D eigenvalue weighted by Crippen LogP contribution is -2.48. The highest BCUT2D eigenvalue weighted by atomic mass is 16.5. The lowest BCUT2D eigenvalue weighted by atomic mass is 9.81. The largest absolute Gasteiger partial charge is 0.377 e. The van der Waals surface area contributed by atoms with Crippen molar-refractivity contribution in [1.82, 2.24) is 10.2 Å². The highest BCUT2D eigenvalue weighted by Crippen LogP contribution is 2.27. The second-order valence-electron chi connectivity index (χ2n) is 6.55. The van der Waals surface area contributed by atoms with Crippen LogP contribution in [-0.2, 0) is 10.2 Å². The van der Waals surface area contributed by atoms with Crippen LogP contribution in [0.4, 0.5) is 0 Å².